The summed E-state index contributed by atoms with van der Waals surface area (Å²) in [4.78, 5) is 0. The Kier molecular flexibility index (Phi) is 4.75. The molecule has 0 bridgehead atoms. The standard InChI is InChI=1S/C16H16F2O3/c1-10(19)13-7-6-12(17)8-15(13)21-9-11-4-3-5-14(20-2)16(11)18/h3-8,10,19H,9H2,1-2H3. The van der Waals surface area contributed by atoms with Crippen molar-refractivity contribution in [3.05, 3.63) is 59.2 Å². The average Bonchev–Trinajstić information content (AvgIpc) is 2.46. The molecule has 0 heterocycles. The Morgan fingerprint density at radius 3 is 2.57 bits per heavy atom. The van der Waals surface area contributed by atoms with Gasteiger partial charge in [-0.05, 0) is 25.1 Å². The molecule has 0 saturated heterocycles. The number of hydrogen-bond acceptors (Lipinski definition) is 3. The summed E-state index contributed by atoms with van der Waals surface area (Å²) in [7, 11) is 1.38. The topological polar surface area (TPSA) is 38.7 Å². The van der Waals surface area contributed by atoms with Crippen molar-refractivity contribution in [3.8, 4) is 11.5 Å². The van der Waals surface area contributed by atoms with Gasteiger partial charge in [-0.15, -0.1) is 0 Å². The van der Waals surface area contributed by atoms with E-state index in [1.54, 1.807) is 19.1 Å². The Bertz CT molecular complexity index is 627. The number of methoxy groups -OCH3 is 1. The summed E-state index contributed by atoms with van der Waals surface area (Å²) < 4.78 is 37.6. The summed E-state index contributed by atoms with van der Waals surface area (Å²) in [5, 5.41) is 9.63. The van der Waals surface area contributed by atoms with Crippen molar-refractivity contribution < 1.29 is 23.4 Å². The number of aliphatic hydroxyl groups excluding tert-OH is 1. The highest BCUT2D eigenvalue weighted by Crippen LogP contribution is 2.28. The van der Waals surface area contributed by atoms with Crippen LogP contribution >= 0.6 is 0 Å². The van der Waals surface area contributed by atoms with Crippen molar-refractivity contribution in [1.29, 1.82) is 0 Å². The molecule has 2 aromatic rings. The first-order valence-electron chi connectivity index (χ1n) is 6.44. The molecule has 0 aliphatic heterocycles. The predicted molar refractivity (Wildman–Crippen MR) is 74.3 cm³/mol. The van der Waals surface area contributed by atoms with E-state index in [2.05, 4.69) is 0 Å². The molecular weight excluding hydrogens is 278 g/mol. The maximum Gasteiger partial charge on any atom is 0.171 e. The van der Waals surface area contributed by atoms with E-state index in [4.69, 9.17) is 9.47 Å². The molecule has 0 amide bonds. The fraction of sp³-hybridized carbons (Fsp3) is 0.250. The van der Waals surface area contributed by atoms with Gasteiger partial charge >= 0.3 is 0 Å². The Labute approximate surface area is 121 Å². The smallest absolute Gasteiger partial charge is 0.171 e. The van der Waals surface area contributed by atoms with E-state index in [0.717, 1.165) is 0 Å². The van der Waals surface area contributed by atoms with Gasteiger partial charge in [0.05, 0.1) is 13.2 Å². The van der Waals surface area contributed by atoms with Gasteiger partial charge in [-0.3, -0.25) is 0 Å². The minimum atomic E-state index is -0.809. The maximum absolute atomic E-state index is 14.0. The Morgan fingerprint density at radius 2 is 1.90 bits per heavy atom. The number of rotatable bonds is 5. The zero-order chi connectivity index (χ0) is 15.4. The number of aliphatic hydroxyl groups is 1. The van der Waals surface area contributed by atoms with Crippen molar-refractivity contribution in [2.75, 3.05) is 7.11 Å². The summed E-state index contributed by atoms with van der Waals surface area (Å²) >= 11 is 0. The van der Waals surface area contributed by atoms with Gasteiger partial charge in [-0.2, -0.15) is 0 Å². The molecule has 0 aromatic heterocycles. The fourth-order valence-corrected chi connectivity index (χ4v) is 1.96. The summed E-state index contributed by atoms with van der Waals surface area (Å²) in [6, 6.07) is 8.54. The average molecular weight is 294 g/mol. The fourth-order valence-electron chi connectivity index (χ4n) is 1.96. The van der Waals surface area contributed by atoms with Gasteiger partial charge in [0, 0.05) is 17.2 Å². The first-order chi connectivity index (χ1) is 10.0. The number of benzene rings is 2. The lowest BCUT2D eigenvalue weighted by atomic mass is 10.1. The Hall–Kier alpha value is -2.14. The molecular formula is C16H16F2O3. The Morgan fingerprint density at radius 1 is 1.14 bits per heavy atom. The van der Waals surface area contributed by atoms with Gasteiger partial charge in [0.2, 0.25) is 0 Å². The largest absolute Gasteiger partial charge is 0.494 e. The van der Waals surface area contributed by atoms with Crippen LogP contribution in [-0.4, -0.2) is 12.2 Å². The molecule has 2 aromatic carbocycles. The van der Waals surface area contributed by atoms with E-state index in [9.17, 15) is 13.9 Å². The van der Waals surface area contributed by atoms with E-state index in [-0.39, 0.29) is 23.7 Å². The van der Waals surface area contributed by atoms with E-state index < -0.39 is 17.7 Å². The zero-order valence-electron chi connectivity index (χ0n) is 11.8. The lowest BCUT2D eigenvalue weighted by Gasteiger charge is -2.14. The monoisotopic (exact) mass is 294 g/mol. The number of halogens is 2. The predicted octanol–water partition coefficient (Wildman–Crippen LogP) is 3.61. The number of ether oxygens (including phenoxy) is 2. The van der Waals surface area contributed by atoms with Crippen LogP contribution in [0.25, 0.3) is 0 Å². The minimum absolute atomic E-state index is 0.0911. The second-order valence-electron chi connectivity index (χ2n) is 4.58. The third kappa shape index (κ3) is 3.49. The molecule has 21 heavy (non-hydrogen) atoms. The molecule has 0 aliphatic carbocycles. The molecule has 5 heteroatoms. The van der Waals surface area contributed by atoms with Gasteiger partial charge in [-0.25, -0.2) is 8.78 Å². The lowest BCUT2D eigenvalue weighted by molar-refractivity contribution is 0.189. The molecule has 0 fully saturated rings. The molecule has 0 aliphatic rings. The van der Waals surface area contributed by atoms with Crippen LogP contribution in [0.2, 0.25) is 0 Å². The molecule has 0 saturated carbocycles. The molecule has 3 nitrogen and oxygen atoms in total. The molecule has 0 spiro atoms. The van der Waals surface area contributed by atoms with Crippen LogP contribution in [0.5, 0.6) is 11.5 Å². The minimum Gasteiger partial charge on any atom is -0.494 e. The van der Waals surface area contributed by atoms with E-state index in [1.807, 2.05) is 0 Å². The van der Waals surface area contributed by atoms with E-state index in [0.29, 0.717) is 5.56 Å². The van der Waals surface area contributed by atoms with Crippen LogP contribution in [0.4, 0.5) is 8.78 Å². The van der Waals surface area contributed by atoms with Gasteiger partial charge in [0.15, 0.2) is 11.6 Å². The second-order valence-corrected chi connectivity index (χ2v) is 4.58. The van der Waals surface area contributed by atoms with Crippen molar-refractivity contribution in [1.82, 2.24) is 0 Å². The van der Waals surface area contributed by atoms with E-state index >= 15 is 0 Å². The third-order valence-electron chi connectivity index (χ3n) is 3.07. The van der Waals surface area contributed by atoms with Crippen LogP contribution in [-0.2, 0) is 6.61 Å². The van der Waals surface area contributed by atoms with Crippen LogP contribution in [0.3, 0.4) is 0 Å². The summed E-state index contributed by atoms with van der Waals surface area (Å²) in [6.07, 6.45) is -0.809. The molecule has 0 radical (unpaired) electrons. The Balaban J connectivity index is 2.22. The lowest BCUT2D eigenvalue weighted by Crippen LogP contribution is -2.04. The SMILES string of the molecule is COc1cccc(COc2cc(F)ccc2C(C)O)c1F. The zero-order valence-corrected chi connectivity index (χ0v) is 11.8. The van der Waals surface area contributed by atoms with Gasteiger partial charge < -0.3 is 14.6 Å². The summed E-state index contributed by atoms with van der Waals surface area (Å²) in [5.74, 6) is -0.700. The maximum atomic E-state index is 14.0. The van der Waals surface area contributed by atoms with Crippen molar-refractivity contribution in [2.45, 2.75) is 19.6 Å². The highest BCUT2D eigenvalue weighted by molar-refractivity contribution is 5.36. The van der Waals surface area contributed by atoms with Crippen molar-refractivity contribution in [3.63, 3.8) is 0 Å². The van der Waals surface area contributed by atoms with Crippen LogP contribution in [0.15, 0.2) is 36.4 Å². The van der Waals surface area contributed by atoms with Gasteiger partial charge in [0.1, 0.15) is 18.2 Å². The second kappa shape index (κ2) is 6.54. The summed E-state index contributed by atoms with van der Waals surface area (Å²) in [6.45, 7) is 1.46. The van der Waals surface area contributed by atoms with E-state index in [1.165, 1.54) is 31.4 Å². The van der Waals surface area contributed by atoms with Crippen LogP contribution < -0.4 is 9.47 Å². The summed E-state index contributed by atoms with van der Waals surface area (Å²) in [5.41, 5.74) is 0.731. The van der Waals surface area contributed by atoms with Gasteiger partial charge in [0.25, 0.3) is 0 Å². The normalized spacial score (nSPS) is 12.0. The molecule has 1 unspecified atom stereocenters. The highest BCUT2D eigenvalue weighted by Gasteiger charge is 2.13. The first kappa shape index (κ1) is 15.3. The third-order valence-corrected chi connectivity index (χ3v) is 3.07. The van der Waals surface area contributed by atoms with Crippen molar-refractivity contribution >= 4 is 0 Å². The molecule has 2 rings (SSSR count). The molecule has 1 N–H and O–H groups in total. The van der Waals surface area contributed by atoms with Crippen molar-refractivity contribution in [2.24, 2.45) is 0 Å². The first-order valence-corrected chi connectivity index (χ1v) is 6.44. The molecule has 112 valence electrons. The highest BCUT2D eigenvalue weighted by atomic mass is 19.1. The van der Waals surface area contributed by atoms with Gasteiger partial charge in [-0.1, -0.05) is 12.1 Å². The van der Waals surface area contributed by atoms with Crippen LogP contribution in [0.1, 0.15) is 24.2 Å². The quantitative estimate of drug-likeness (QED) is 0.915. The number of hydrogen-bond donors (Lipinski definition) is 1. The molecule has 1 atom stereocenters. The van der Waals surface area contributed by atoms with Crippen LogP contribution in [0, 0.1) is 11.6 Å².